The zero-order valence-electron chi connectivity index (χ0n) is 11.7. The zero-order valence-corrected chi connectivity index (χ0v) is 11.7. The van der Waals surface area contributed by atoms with E-state index < -0.39 is 0 Å². The molecule has 1 aromatic rings. The number of nitrogens with one attached hydrogen (secondary N) is 1. The highest BCUT2D eigenvalue weighted by molar-refractivity contribution is 5.79. The molecule has 0 saturated heterocycles. The lowest BCUT2D eigenvalue weighted by molar-refractivity contribution is -0.126. The summed E-state index contributed by atoms with van der Waals surface area (Å²) < 4.78 is 1.95. The molecule has 0 unspecified atom stereocenters. The van der Waals surface area contributed by atoms with Crippen LogP contribution in [0.4, 0.5) is 0 Å². The third-order valence-electron chi connectivity index (χ3n) is 4.67. The fraction of sp³-hybridized carbons (Fsp3) is 0.733. The van der Waals surface area contributed by atoms with Crippen molar-refractivity contribution in [2.45, 2.75) is 57.4 Å². The molecule has 0 radical (unpaired) electrons. The van der Waals surface area contributed by atoms with E-state index in [1.165, 1.54) is 30.5 Å². The lowest BCUT2D eigenvalue weighted by atomic mass is 9.87. The highest BCUT2D eigenvalue weighted by atomic mass is 16.1. The predicted molar refractivity (Wildman–Crippen MR) is 73.6 cm³/mol. The first kappa shape index (κ1) is 12.7. The third-order valence-corrected chi connectivity index (χ3v) is 4.67. The summed E-state index contributed by atoms with van der Waals surface area (Å²) in [6.07, 6.45) is 11.1. The van der Waals surface area contributed by atoms with Crippen LogP contribution in [0.25, 0.3) is 0 Å². The minimum atomic E-state index is 0.187. The van der Waals surface area contributed by atoms with Gasteiger partial charge >= 0.3 is 0 Å². The van der Waals surface area contributed by atoms with Gasteiger partial charge in [-0.3, -0.25) is 9.48 Å². The van der Waals surface area contributed by atoms with Crippen LogP contribution in [-0.4, -0.2) is 15.7 Å². The summed E-state index contributed by atoms with van der Waals surface area (Å²) in [4.78, 5) is 12.3. The van der Waals surface area contributed by atoms with Crippen molar-refractivity contribution in [1.82, 2.24) is 15.1 Å². The van der Waals surface area contributed by atoms with E-state index in [4.69, 9.17) is 0 Å². The molecule has 0 spiro atoms. The molecule has 4 nitrogen and oxygen atoms in total. The van der Waals surface area contributed by atoms with E-state index in [1.54, 1.807) is 0 Å². The van der Waals surface area contributed by atoms with Crippen LogP contribution in [0.3, 0.4) is 0 Å². The summed E-state index contributed by atoms with van der Waals surface area (Å²) in [5.41, 5.74) is 2.53. The highest BCUT2D eigenvalue weighted by Gasteiger charge is 2.28. The molecule has 3 rings (SSSR count). The molecule has 0 aromatic carbocycles. The Morgan fingerprint density at radius 2 is 2.05 bits per heavy atom. The van der Waals surface area contributed by atoms with Gasteiger partial charge < -0.3 is 5.32 Å². The average Bonchev–Trinajstić information content (AvgIpc) is 2.83. The number of nitrogens with zero attached hydrogens (tertiary/aromatic N) is 2. The standard InChI is InChI=1S/C15H23N3O/c1-18-14-9-5-8-13(12(14)10-16-18)17-15(19)11-6-3-2-4-7-11/h10-11,13H,2-9H2,1H3,(H,17,19)/t13-/m0/s1. The maximum absolute atomic E-state index is 12.3. The SMILES string of the molecule is Cn1ncc2c1CCC[C@@H]2NC(=O)C1CCCCC1. The van der Waals surface area contributed by atoms with Gasteiger partial charge in [0.2, 0.25) is 5.91 Å². The number of rotatable bonds is 2. The molecule has 1 fully saturated rings. The van der Waals surface area contributed by atoms with Crippen molar-refractivity contribution >= 4 is 5.91 Å². The molecule has 2 aliphatic carbocycles. The number of fused-ring (bicyclic) bond motifs is 1. The van der Waals surface area contributed by atoms with E-state index in [1.807, 2.05) is 17.9 Å². The van der Waals surface area contributed by atoms with Crippen molar-refractivity contribution in [2.24, 2.45) is 13.0 Å². The smallest absolute Gasteiger partial charge is 0.223 e. The van der Waals surface area contributed by atoms with E-state index >= 15 is 0 Å². The van der Waals surface area contributed by atoms with Crippen LogP contribution in [0, 0.1) is 5.92 Å². The first-order chi connectivity index (χ1) is 9.25. The summed E-state index contributed by atoms with van der Waals surface area (Å²) in [7, 11) is 1.99. The summed E-state index contributed by atoms with van der Waals surface area (Å²) in [6, 6.07) is 0.187. The molecule has 1 atom stereocenters. The van der Waals surface area contributed by atoms with Crippen molar-refractivity contribution in [3.8, 4) is 0 Å². The Labute approximate surface area is 114 Å². The summed E-state index contributed by atoms with van der Waals surface area (Å²) in [6.45, 7) is 0. The molecule has 1 amide bonds. The molecular weight excluding hydrogens is 238 g/mol. The molecule has 1 aromatic heterocycles. The van der Waals surface area contributed by atoms with Gasteiger partial charge in [0, 0.05) is 24.2 Å². The Kier molecular flexibility index (Phi) is 3.58. The van der Waals surface area contributed by atoms with Crippen LogP contribution in [0.1, 0.15) is 62.2 Å². The summed E-state index contributed by atoms with van der Waals surface area (Å²) in [5.74, 6) is 0.511. The van der Waals surface area contributed by atoms with E-state index in [0.29, 0.717) is 0 Å². The topological polar surface area (TPSA) is 46.9 Å². The molecule has 0 bridgehead atoms. The number of amides is 1. The van der Waals surface area contributed by atoms with Crippen LogP contribution in [0.5, 0.6) is 0 Å². The van der Waals surface area contributed by atoms with Crippen molar-refractivity contribution in [3.63, 3.8) is 0 Å². The quantitative estimate of drug-likeness (QED) is 0.889. The normalized spacial score (nSPS) is 23.9. The summed E-state index contributed by atoms with van der Waals surface area (Å²) in [5, 5.41) is 7.60. The Balaban J connectivity index is 1.68. The maximum Gasteiger partial charge on any atom is 0.223 e. The van der Waals surface area contributed by atoms with Crippen LogP contribution in [0.2, 0.25) is 0 Å². The molecule has 0 aliphatic heterocycles. The number of hydrogen-bond donors (Lipinski definition) is 1. The predicted octanol–water partition coefficient (Wildman–Crippen LogP) is 2.49. The first-order valence-electron chi connectivity index (χ1n) is 7.57. The Morgan fingerprint density at radius 3 is 2.84 bits per heavy atom. The lowest BCUT2D eigenvalue weighted by Crippen LogP contribution is -2.36. The summed E-state index contributed by atoms with van der Waals surface area (Å²) >= 11 is 0. The van der Waals surface area contributed by atoms with Crippen molar-refractivity contribution in [2.75, 3.05) is 0 Å². The second kappa shape index (κ2) is 5.35. The van der Waals surface area contributed by atoms with Crippen LogP contribution in [-0.2, 0) is 18.3 Å². The zero-order chi connectivity index (χ0) is 13.2. The Bertz CT molecular complexity index is 460. The number of hydrogen-bond acceptors (Lipinski definition) is 2. The highest BCUT2D eigenvalue weighted by Crippen LogP contribution is 2.30. The lowest BCUT2D eigenvalue weighted by Gasteiger charge is -2.27. The van der Waals surface area contributed by atoms with Gasteiger partial charge in [0.25, 0.3) is 0 Å². The van der Waals surface area contributed by atoms with Gasteiger partial charge in [0.1, 0.15) is 0 Å². The minimum Gasteiger partial charge on any atom is -0.349 e. The molecule has 2 aliphatic rings. The van der Waals surface area contributed by atoms with Gasteiger partial charge in [0.15, 0.2) is 0 Å². The monoisotopic (exact) mass is 261 g/mol. The fourth-order valence-corrected chi connectivity index (χ4v) is 3.51. The van der Waals surface area contributed by atoms with Crippen LogP contribution < -0.4 is 5.32 Å². The average molecular weight is 261 g/mol. The number of aryl methyl sites for hydroxylation is 1. The van der Waals surface area contributed by atoms with E-state index in [-0.39, 0.29) is 17.9 Å². The van der Waals surface area contributed by atoms with Gasteiger partial charge in [-0.25, -0.2) is 0 Å². The van der Waals surface area contributed by atoms with Crippen molar-refractivity contribution in [3.05, 3.63) is 17.5 Å². The van der Waals surface area contributed by atoms with Crippen LogP contribution >= 0.6 is 0 Å². The molecule has 19 heavy (non-hydrogen) atoms. The molecule has 1 saturated carbocycles. The first-order valence-corrected chi connectivity index (χ1v) is 7.57. The van der Waals surface area contributed by atoms with E-state index in [2.05, 4.69) is 10.4 Å². The van der Waals surface area contributed by atoms with Crippen LogP contribution in [0.15, 0.2) is 6.20 Å². The van der Waals surface area contributed by atoms with Gasteiger partial charge in [0.05, 0.1) is 12.2 Å². The molecule has 1 heterocycles. The van der Waals surface area contributed by atoms with Gasteiger partial charge in [-0.1, -0.05) is 19.3 Å². The molecule has 1 N–H and O–H groups in total. The minimum absolute atomic E-state index is 0.187. The molecular formula is C15H23N3O. The Hall–Kier alpha value is -1.32. The Morgan fingerprint density at radius 1 is 1.26 bits per heavy atom. The van der Waals surface area contributed by atoms with Crippen molar-refractivity contribution in [1.29, 1.82) is 0 Å². The van der Waals surface area contributed by atoms with E-state index in [0.717, 1.165) is 32.1 Å². The maximum atomic E-state index is 12.3. The third kappa shape index (κ3) is 2.53. The second-order valence-corrected chi connectivity index (χ2v) is 5.96. The van der Waals surface area contributed by atoms with Crippen molar-refractivity contribution < 1.29 is 4.79 Å². The van der Waals surface area contributed by atoms with E-state index in [9.17, 15) is 4.79 Å². The number of carbonyl (C=O) groups is 1. The second-order valence-electron chi connectivity index (χ2n) is 5.96. The van der Waals surface area contributed by atoms with Gasteiger partial charge in [-0.15, -0.1) is 0 Å². The van der Waals surface area contributed by atoms with Gasteiger partial charge in [-0.2, -0.15) is 5.10 Å². The molecule has 104 valence electrons. The number of carbonyl (C=O) groups excluding carboxylic acids is 1. The molecule has 4 heteroatoms. The van der Waals surface area contributed by atoms with Gasteiger partial charge in [-0.05, 0) is 32.1 Å². The largest absolute Gasteiger partial charge is 0.349 e. The fourth-order valence-electron chi connectivity index (χ4n) is 3.51. The number of aromatic nitrogens is 2.